The summed E-state index contributed by atoms with van der Waals surface area (Å²) in [5.74, 6) is 0.125. The molecule has 3 nitrogen and oxygen atoms in total. The monoisotopic (exact) mass is 323 g/mol. The molecule has 0 heterocycles. The SMILES string of the molecule is CCN(CC)C(=O)c1c2ccc(c1O)CCc1ccc(cc1)CC2. The van der Waals surface area contributed by atoms with Gasteiger partial charge in [-0.2, -0.15) is 0 Å². The Balaban J connectivity index is 2.05. The van der Waals surface area contributed by atoms with E-state index < -0.39 is 0 Å². The largest absolute Gasteiger partial charge is 0.507 e. The van der Waals surface area contributed by atoms with Crippen molar-refractivity contribution in [1.82, 2.24) is 4.90 Å². The van der Waals surface area contributed by atoms with Crippen molar-refractivity contribution < 1.29 is 9.90 Å². The molecule has 0 fully saturated rings. The first kappa shape index (κ1) is 16.6. The Morgan fingerprint density at radius 2 is 1.38 bits per heavy atom. The highest BCUT2D eigenvalue weighted by molar-refractivity contribution is 5.98. The Hall–Kier alpha value is -2.29. The number of phenols is 1. The molecule has 0 spiro atoms. The number of nitrogens with zero attached hydrogens (tertiary/aromatic N) is 1. The minimum absolute atomic E-state index is 0.0553. The van der Waals surface area contributed by atoms with Gasteiger partial charge in [0.1, 0.15) is 5.75 Å². The second-order valence-electron chi connectivity index (χ2n) is 6.40. The first-order chi connectivity index (χ1) is 11.6. The van der Waals surface area contributed by atoms with Gasteiger partial charge in [-0.15, -0.1) is 0 Å². The molecular weight excluding hydrogens is 298 g/mol. The van der Waals surface area contributed by atoms with E-state index >= 15 is 0 Å². The maximum Gasteiger partial charge on any atom is 0.257 e. The third kappa shape index (κ3) is 3.16. The fraction of sp³-hybridized carbons (Fsp3) is 0.381. The fourth-order valence-electron chi connectivity index (χ4n) is 3.42. The molecule has 4 aliphatic carbocycles. The van der Waals surface area contributed by atoms with Crippen molar-refractivity contribution in [3.05, 3.63) is 64.2 Å². The van der Waals surface area contributed by atoms with Gasteiger partial charge < -0.3 is 10.0 Å². The molecule has 0 saturated carbocycles. The van der Waals surface area contributed by atoms with Crippen LogP contribution < -0.4 is 0 Å². The molecule has 3 heteroatoms. The van der Waals surface area contributed by atoms with E-state index in [9.17, 15) is 9.90 Å². The van der Waals surface area contributed by atoms with Crippen LogP contribution in [0, 0.1) is 0 Å². The number of phenolic OH excluding ortho intramolecular Hbond substituents is 1. The number of carbonyl (C=O) groups is 1. The molecule has 0 atom stereocenters. The van der Waals surface area contributed by atoms with Gasteiger partial charge in [-0.1, -0.05) is 36.4 Å². The van der Waals surface area contributed by atoms with Crippen molar-refractivity contribution in [3.8, 4) is 5.75 Å². The Morgan fingerprint density at radius 1 is 0.875 bits per heavy atom. The van der Waals surface area contributed by atoms with Crippen molar-refractivity contribution in [2.45, 2.75) is 39.5 Å². The van der Waals surface area contributed by atoms with Crippen LogP contribution in [0.3, 0.4) is 0 Å². The number of hydrogen-bond donors (Lipinski definition) is 1. The lowest BCUT2D eigenvalue weighted by Crippen LogP contribution is -2.31. The Bertz CT molecular complexity index is 730. The van der Waals surface area contributed by atoms with E-state index in [1.54, 1.807) is 4.90 Å². The zero-order valence-electron chi connectivity index (χ0n) is 14.5. The van der Waals surface area contributed by atoms with Gasteiger partial charge >= 0.3 is 0 Å². The van der Waals surface area contributed by atoms with Crippen LogP contribution >= 0.6 is 0 Å². The van der Waals surface area contributed by atoms with Crippen molar-refractivity contribution >= 4 is 5.91 Å². The second-order valence-corrected chi connectivity index (χ2v) is 6.40. The first-order valence-corrected chi connectivity index (χ1v) is 8.84. The van der Waals surface area contributed by atoms with Gasteiger partial charge in [0.15, 0.2) is 0 Å². The first-order valence-electron chi connectivity index (χ1n) is 8.84. The molecule has 1 N–H and O–H groups in total. The summed E-state index contributed by atoms with van der Waals surface area (Å²) in [6, 6.07) is 12.7. The molecule has 0 unspecified atom stereocenters. The van der Waals surface area contributed by atoms with E-state index in [4.69, 9.17) is 0 Å². The van der Waals surface area contributed by atoms with Crippen molar-refractivity contribution in [3.63, 3.8) is 0 Å². The van der Waals surface area contributed by atoms with E-state index in [-0.39, 0.29) is 11.7 Å². The van der Waals surface area contributed by atoms with Gasteiger partial charge in [-0.05, 0) is 61.8 Å². The number of carbonyl (C=O) groups excluding carboxylic acids is 1. The summed E-state index contributed by atoms with van der Waals surface area (Å²) >= 11 is 0. The summed E-state index contributed by atoms with van der Waals surface area (Å²) in [5.41, 5.74) is 4.84. The molecule has 2 aromatic rings. The quantitative estimate of drug-likeness (QED) is 0.934. The van der Waals surface area contributed by atoms with E-state index in [2.05, 4.69) is 24.3 Å². The molecule has 2 aromatic carbocycles. The number of aromatic hydroxyl groups is 1. The van der Waals surface area contributed by atoms with Crippen LogP contribution in [0.4, 0.5) is 0 Å². The van der Waals surface area contributed by atoms with E-state index in [1.807, 2.05) is 26.0 Å². The van der Waals surface area contributed by atoms with Crippen LogP contribution in [0.15, 0.2) is 36.4 Å². The van der Waals surface area contributed by atoms with Crippen LogP contribution in [0.1, 0.15) is 46.5 Å². The number of benzene rings is 2. The predicted octanol–water partition coefficient (Wildman–Crippen LogP) is 3.76. The van der Waals surface area contributed by atoms with Crippen molar-refractivity contribution in [2.75, 3.05) is 13.1 Å². The third-order valence-corrected chi connectivity index (χ3v) is 5.00. The number of hydrogen-bond acceptors (Lipinski definition) is 2. The van der Waals surface area contributed by atoms with Crippen LogP contribution in [-0.2, 0) is 25.7 Å². The van der Waals surface area contributed by atoms with Crippen LogP contribution in [0.2, 0.25) is 0 Å². The minimum Gasteiger partial charge on any atom is -0.507 e. The summed E-state index contributed by atoms with van der Waals surface area (Å²) in [4.78, 5) is 14.7. The average Bonchev–Trinajstić information content (AvgIpc) is 2.59. The fourth-order valence-corrected chi connectivity index (χ4v) is 3.42. The maximum atomic E-state index is 12.9. The highest BCUT2D eigenvalue weighted by Gasteiger charge is 2.23. The van der Waals surface area contributed by atoms with Gasteiger partial charge in [0.2, 0.25) is 0 Å². The molecule has 126 valence electrons. The molecule has 0 radical (unpaired) electrons. The molecule has 24 heavy (non-hydrogen) atoms. The average molecular weight is 323 g/mol. The summed E-state index contributed by atoms with van der Waals surface area (Å²) < 4.78 is 0. The van der Waals surface area contributed by atoms with Gasteiger partial charge in [-0.3, -0.25) is 4.79 Å². The van der Waals surface area contributed by atoms with Gasteiger partial charge in [-0.25, -0.2) is 0 Å². The molecule has 4 aliphatic rings. The molecule has 6 rings (SSSR count). The van der Waals surface area contributed by atoms with E-state index in [0.29, 0.717) is 18.7 Å². The second kappa shape index (κ2) is 7.08. The number of aryl methyl sites for hydroxylation is 4. The van der Waals surface area contributed by atoms with Crippen molar-refractivity contribution in [2.24, 2.45) is 0 Å². The van der Waals surface area contributed by atoms with Gasteiger partial charge in [0.05, 0.1) is 5.56 Å². The lowest BCUT2D eigenvalue weighted by Gasteiger charge is -2.22. The van der Waals surface area contributed by atoms with E-state index in [1.165, 1.54) is 11.1 Å². The van der Waals surface area contributed by atoms with Crippen LogP contribution in [0.25, 0.3) is 0 Å². The molecule has 0 saturated heterocycles. The molecule has 0 aromatic heterocycles. The highest BCUT2D eigenvalue weighted by atomic mass is 16.3. The number of amides is 1. The Morgan fingerprint density at radius 3 is 1.92 bits per heavy atom. The predicted molar refractivity (Wildman–Crippen MR) is 96.6 cm³/mol. The van der Waals surface area contributed by atoms with Crippen molar-refractivity contribution in [1.29, 1.82) is 0 Å². The lowest BCUT2D eigenvalue weighted by atomic mass is 9.92. The maximum absolute atomic E-state index is 12.9. The molecule has 1 amide bonds. The minimum atomic E-state index is -0.0553. The molecule has 0 aliphatic heterocycles. The van der Waals surface area contributed by atoms with Gasteiger partial charge in [0.25, 0.3) is 5.91 Å². The van der Waals surface area contributed by atoms with E-state index in [0.717, 1.165) is 36.8 Å². The normalized spacial score (nSPS) is 13.4. The summed E-state index contributed by atoms with van der Waals surface area (Å²) in [5, 5.41) is 10.8. The zero-order chi connectivity index (χ0) is 17.1. The lowest BCUT2D eigenvalue weighted by molar-refractivity contribution is 0.0768. The van der Waals surface area contributed by atoms with Crippen LogP contribution in [-0.4, -0.2) is 29.0 Å². The molecular formula is C21H25NO2. The summed E-state index contributed by atoms with van der Waals surface area (Å²) in [6.45, 7) is 5.25. The van der Waals surface area contributed by atoms with Crippen LogP contribution in [0.5, 0.6) is 5.75 Å². The highest BCUT2D eigenvalue weighted by Crippen LogP contribution is 2.30. The Kier molecular flexibility index (Phi) is 4.89. The standard InChI is InChI=1S/C21H25NO2/c1-3-22(4-2)21(24)19-17-11-9-15-5-7-16(8-6-15)10-12-18(14-13-17)20(19)23/h5-8,13-14,23H,3-4,9-12H2,1-2H3. The number of rotatable bonds is 3. The van der Waals surface area contributed by atoms with Gasteiger partial charge in [0, 0.05) is 13.1 Å². The zero-order valence-corrected chi connectivity index (χ0v) is 14.5. The Labute approximate surface area is 143 Å². The summed E-state index contributed by atoms with van der Waals surface area (Å²) in [6.07, 6.45) is 3.24. The third-order valence-electron chi connectivity index (χ3n) is 5.00. The molecule has 4 bridgehead atoms. The smallest absolute Gasteiger partial charge is 0.257 e. The summed E-state index contributed by atoms with van der Waals surface area (Å²) in [7, 11) is 0. The topological polar surface area (TPSA) is 40.5 Å².